The third-order valence-corrected chi connectivity index (χ3v) is 4.75. The Kier molecular flexibility index (Phi) is 11.0. The third-order valence-electron chi connectivity index (χ3n) is 3.50. The Morgan fingerprint density at radius 1 is 0.682 bits per heavy atom. The van der Waals surface area contributed by atoms with Gasteiger partial charge in [-0.15, -0.1) is 0 Å². The predicted molar refractivity (Wildman–Crippen MR) is 101 cm³/mol. The van der Waals surface area contributed by atoms with Crippen molar-refractivity contribution in [3.63, 3.8) is 0 Å². The molecular weight excluding hydrogens is 408 g/mol. The van der Waals surface area contributed by atoms with Crippen LogP contribution < -0.4 is 9.47 Å². The Balaban J connectivity index is 2.55. The van der Waals surface area contributed by atoms with Gasteiger partial charge in [0, 0.05) is 0 Å². The number of halogens is 2. The highest BCUT2D eigenvalue weighted by Crippen LogP contribution is 2.41. The molecule has 1 aromatic carbocycles. The van der Waals surface area contributed by atoms with E-state index in [1.807, 2.05) is 12.1 Å². The van der Waals surface area contributed by atoms with Crippen molar-refractivity contribution in [1.82, 2.24) is 0 Å². The van der Waals surface area contributed by atoms with Crippen molar-refractivity contribution in [2.24, 2.45) is 0 Å². The van der Waals surface area contributed by atoms with E-state index >= 15 is 0 Å². The second-order valence-electron chi connectivity index (χ2n) is 5.51. The van der Waals surface area contributed by atoms with Crippen LogP contribution in [0.2, 0.25) is 0 Å². The van der Waals surface area contributed by atoms with Gasteiger partial charge in [0.2, 0.25) is 0 Å². The largest absolute Gasteiger partial charge is 0.488 e. The topological polar surface area (TPSA) is 18.5 Å². The molecule has 0 aliphatic carbocycles. The lowest BCUT2D eigenvalue weighted by Crippen LogP contribution is -2.04. The standard InChI is InChI=1S/C18H28Br2O2/c1-3-5-7-9-13-21-17-15(19)11-12-16(20)18(17)22-14-10-8-6-4-2/h11-12H,3-10,13-14H2,1-2H3. The maximum atomic E-state index is 5.97. The first-order valence-corrected chi connectivity index (χ1v) is 10.0. The quantitative estimate of drug-likeness (QED) is 0.325. The molecule has 4 heteroatoms. The molecule has 0 aliphatic heterocycles. The van der Waals surface area contributed by atoms with Gasteiger partial charge in [0.25, 0.3) is 0 Å². The second kappa shape index (κ2) is 12.2. The summed E-state index contributed by atoms with van der Waals surface area (Å²) in [6.45, 7) is 5.91. The molecule has 0 aliphatic rings. The number of ether oxygens (including phenoxy) is 2. The van der Waals surface area contributed by atoms with E-state index in [4.69, 9.17) is 9.47 Å². The van der Waals surface area contributed by atoms with Gasteiger partial charge in [-0.05, 0) is 56.8 Å². The van der Waals surface area contributed by atoms with Crippen molar-refractivity contribution in [2.75, 3.05) is 13.2 Å². The Labute approximate surface area is 152 Å². The summed E-state index contributed by atoms with van der Waals surface area (Å²) in [5, 5.41) is 0. The summed E-state index contributed by atoms with van der Waals surface area (Å²) in [4.78, 5) is 0. The van der Waals surface area contributed by atoms with Crippen LogP contribution in [0, 0.1) is 0 Å². The average Bonchev–Trinajstić information content (AvgIpc) is 2.52. The molecule has 0 saturated heterocycles. The summed E-state index contributed by atoms with van der Waals surface area (Å²) in [6, 6.07) is 3.99. The molecule has 0 aromatic heterocycles. The molecule has 2 nitrogen and oxygen atoms in total. The summed E-state index contributed by atoms with van der Waals surface area (Å²) in [7, 11) is 0. The first-order chi connectivity index (χ1) is 10.7. The molecule has 0 spiro atoms. The van der Waals surface area contributed by atoms with Gasteiger partial charge in [0.1, 0.15) is 0 Å². The molecule has 0 unspecified atom stereocenters. The van der Waals surface area contributed by atoms with E-state index in [2.05, 4.69) is 45.7 Å². The lowest BCUT2D eigenvalue weighted by molar-refractivity contribution is 0.256. The predicted octanol–water partition coefficient (Wildman–Crippen LogP) is 7.13. The van der Waals surface area contributed by atoms with Crippen LogP contribution in [0.3, 0.4) is 0 Å². The molecular formula is C18H28Br2O2. The molecule has 22 heavy (non-hydrogen) atoms. The summed E-state index contributed by atoms with van der Waals surface area (Å²) >= 11 is 7.14. The van der Waals surface area contributed by atoms with Crippen molar-refractivity contribution in [3.05, 3.63) is 21.1 Å². The van der Waals surface area contributed by atoms with Crippen molar-refractivity contribution in [2.45, 2.75) is 65.2 Å². The molecule has 126 valence electrons. The summed E-state index contributed by atoms with van der Waals surface area (Å²) in [5.74, 6) is 1.64. The normalized spacial score (nSPS) is 10.7. The van der Waals surface area contributed by atoms with E-state index in [1.165, 1.54) is 38.5 Å². The fourth-order valence-corrected chi connectivity index (χ4v) is 3.04. The SMILES string of the molecule is CCCCCCOc1c(Br)ccc(Br)c1OCCCCCC. The monoisotopic (exact) mass is 434 g/mol. The van der Waals surface area contributed by atoms with Crippen LogP contribution in [-0.4, -0.2) is 13.2 Å². The average molecular weight is 436 g/mol. The van der Waals surface area contributed by atoms with Gasteiger partial charge in [-0.25, -0.2) is 0 Å². The minimum atomic E-state index is 0.737. The molecule has 0 radical (unpaired) electrons. The molecule has 0 saturated carbocycles. The van der Waals surface area contributed by atoms with Gasteiger partial charge in [-0.2, -0.15) is 0 Å². The second-order valence-corrected chi connectivity index (χ2v) is 7.21. The van der Waals surface area contributed by atoms with Gasteiger partial charge >= 0.3 is 0 Å². The van der Waals surface area contributed by atoms with Gasteiger partial charge in [-0.3, -0.25) is 0 Å². The number of rotatable bonds is 12. The zero-order chi connectivity index (χ0) is 16.2. The number of benzene rings is 1. The zero-order valence-corrected chi connectivity index (χ0v) is 17.0. The van der Waals surface area contributed by atoms with Crippen molar-refractivity contribution >= 4 is 31.9 Å². The molecule has 0 amide bonds. The molecule has 0 atom stereocenters. The van der Waals surface area contributed by atoms with Crippen LogP contribution in [0.25, 0.3) is 0 Å². The van der Waals surface area contributed by atoms with E-state index in [-0.39, 0.29) is 0 Å². The lowest BCUT2D eigenvalue weighted by atomic mass is 10.2. The Morgan fingerprint density at radius 2 is 1.09 bits per heavy atom. The summed E-state index contributed by atoms with van der Waals surface area (Å²) in [5.41, 5.74) is 0. The van der Waals surface area contributed by atoms with Crippen molar-refractivity contribution < 1.29 is 9.47 Å². The van der Waals surface area contributed by atoms with E-state index in [0.717, 1.165) is 46.5 Å². The van der Waals surface area contributed by atoms with Gasteiger partial charge in [0.05, 0.1) is 22.2 Å². The number of unbranched alkanes of at least 4 members (excludes halogenated alkanes) is 6. The first kappa shape index (κ1) is 19.8. The minimum Gasteiger partial charge on any atom is -0.488 e. The molecule has 0 N–H and O–H groups in total. The van der Waals surface area contributed by atoms with E-state index < -0.39 is 0 Å². The van der Waals surface area contributed by atoms with Gasteiger partial charge in [0.15, 0.2) is 11.5 Å². The highest BCUT2D eigenvalue weighted by atomic mass is 79.9. The molecule has 0 fully saturated rings. The smallest absolute Gasteiger partial charge is 0.176 e. The Bertz CT molecular complexity index is 383. The van der Waals surface area contributed by atoms with E-state index in [9.17, 15) is 0 Å². The Hall–Kier alpha value is -0.220. The van der Waals surface area contributed by atoms with E-state index in [0.29, 0.717) is 0 Å². The van der Waals surface area contributed by atoms with Crippen LogP contribution >= 0.6 is 31.9 Å². The van der Waals surface area contributed by atoms with Crippen LogP contribution in [0.5, 0.6) is 11.5 Å². The maximum Gasteiger partial charge on any atom is 0.176 e. The highest BCUT2D eigenvalue weighted by molar-refractivity contribution is 9.11. The number of hydrogen-bond acceptors (Lipinski definition) is 2. The molecule has 1 rings (SSSR count). The molecule has 0 heterocycles. The lowest BCUT2D eigenvalue weighted by Gasteiger charge is -2.16. The van der Waals surface area contributed by atoms with Crippen molar-refractivity contribution in [1.29, 1.82) is 0 Å². The third kappa shape index (κ3) is 7.36. The van der Waals surface area contributed by atoms with Crippen LogP contribution in [0.4, 0.5) is 0 Å². The highest BCUT2D eigenvalue weighted by Gasteiger charge is 2.14. The maximum absolute atomic E-state index is 5.97. The van der Waals surface area contributed by atoms with Crippen molar-refractivity contribution in [3.8, 4) is 11.5 Å². The van der Waals surface area contributed by atoms with Crippen LogP contribution in [0.15, 0.2) is 21.1 Å². The minimum absolute atomic E-state index is 0.737. The zero-order valence-electron chi connectivity index (χ0n) is 13.8. The fourth-order valence-electron chi connectivity index (χ4n) is 2.19. The van der Waals surface area contributed by atoms with Crippen LogP contribution in [-0.2, 0) is 0 Å². The number of hydrogen-bond donors (Lipinski definition) is 0. The summed E-state index contributed by atoms with van der Waals surface area (Å²) in [6.07, 6.45) is 9.63. The molecule has 1 aromatic rings. The van der Waals surface area contributed by atoms with E-state index in [1.54, 1.807) is 0 Å². The van der Waals surface area contributed by atoms with Crippen LogP contribution in [0.1, 0.15) is 65.2 Å². The van der Waals surface area contributed by atoms with Gasteiger partial charge < -0.3 is 9.47 Å². The molecule has 0 bridgehead atoms. The Morgan fingerprint density at radius 3 is 1.45 bits per heavy atom. The fraction of sp³-hybridized carbons (Fsp3) is 0.667. The summed E-state index contributed by atoms with van der Waals surface area (Å²) < 4.78 is 13.9. The first-order valence-electron chi connectivity index (χ1n) is 8.44. The van der Waals surface area contributed by atoms with Gasteiger partial charge in [-0.1, -0.05) is 52.4 Å².